The zero-order chi connectivity index (χ0) is 22.5. The van der Waals surface area contributed by atoms with Gasteiger partial charge in [-0.25, -0.2) is 4.98 Å². The maximum Gasteiger partial charge on any atom is 0.311 e. The average molecular weight is 431 g/mol. The van der Waals surface area contributed by atoms with Gasteiger partial charge in [0.05, 0.1) is 22.0 Å². The van der Waals surface area contributed by atoms with Crippen molar-refractivity contribution in [2.45, 2.75) is 38.0 Å². The van der Waals surface area contributed by atoms with Crippen LogP contribution in [-0.4, -0.2) is 27.4 Å². The van der Waals surface area contributed by atoms with E-state index >= 15 is 0 Å². The molecule has 4 rings (SSSR count). The first kappa shape index (κ1) is 21.2. The van der Waals surface area contributed by atoms with Crippen molar-refractivity contribution in [1.82, 2.24) is 9.66 Å². The van der Waals surface area contributed by atoms with Gasteiger partial charge in [0, 0.05) is 17.5 Å². The number of fused-ring (bicyclic) bond motifs is 1. The minimum absolute atomic E-state index is 0.0659. The Morgan fingerprint density at radius 3 is 2.75 bits per heavy atom. The van der Waals surface area contributed by atoms with Crippen molar-refractivity contribution in [3.05, 3.63) is 74.3 Å². The van der Waals surface area contributed by atoms with Crippen LogP contribution in [0.25, 0.3) is 10.9 Å². The molecule has 0 bridgehead atoms. The number of nitro groups is 1. The predicted molar refractivity (Wildman–Crippen MR) is 119 cm³/mol. The summed E-state index contributed by atoms with van der Waals surface area (Å²) in [6.45, 7) is -0.351. The molecule has 0 unspecified atom stereocenters. The fraction of sp³-hybridized carbons (Fsp3) is 0.304. The zero-order valence-electron chi connectivity index (χ0n) is 17.3. The maximum atomic E-state index is 13.3. The number of hydrogen-bond acceptors (Lipinski definition) is 7. The van der Waals surface area contributed by atoms with Gasteiger partial charge in [-0.3, -0.25) is 14.9 Å². The van der Waals surface area contributed by atoms with Gasteiger partial charge in [0.15, 0.2) is 6.61 Å². The van der Waals surface area contributed by atoms with E-state index in [1.807, 2.05) is 18.2 Å². The number of hydrogen-bond donors (Lipinski definition) is 0. The van der Waals surface area contributed by atoms with Crippen molar-refractivity contribution < 1.29 is 9.66 Å². The maximum absolute atomic E-state index is 13.3. The molecule has 3 aromatic rings. The lowest BCUT2D eigenvalue weighted by molar-refractivity contribution is -0.385. The summed E-state index contributed by atoms with van der Waals surface area (Å²) in [7, 11) is 0. The lowest BCUT2D eigenvalue weighted by atomic mass is 9.88. The average Bonchev–Trinajstić information content (AvgIpc) is 2.82. The third-order valence-electron chi connectivity index (χ3n) is 5.56. The summed E-state index contributed by atoms with van der Waals surface area (Å²) in [4.78, 5) is 28.9. The minimum Gasteiger partial charge on any atom is -0.471 e. The second kappa shape index (κ2) is 9.39. The van der Waals surface area contributed by atoms with Crippen LogP contribution in [-0.2, 0) is 0 Å². The van der Waals surface area contributed by atoms with Gasteiger partial charge in [-0.05, 0) is 31.0 Å². The number of rotatable bonds is 6. The van der Waals surface area contributed by atoms with E-state index in [-0.39, 0.29) is 29.5 Å². The van der Waals surface area contributed by atoms with E-state index in [1.54, 1.807) is 18.2 Å². The molecule has 1 fully saturated rings. The van der Waals surface area contributed by atoms with Crippen LogP contribution in [0.2, 0.25) is 0 Å². The first-order valence-corrected chi connectivity index (χ1v) is 10.4. The SMILES string of the molecule is N#CCOc1c(C=Nn2c(C3CCCCC3)nc3ccccc3c2=O)cccc1[N+](=O)[O-]. The van der Waals surface area contributed by atoms with E-state index in [1.165, 1.54) is 23.0 Å². The molecule has 1 aromatic heterocycles. The molecule has 1 saturated carbocycles. The molecule has 162 valence electrons. The van der Waals surface area contributed by atoms with Crippen molar-refractivity contribution >= 4 is 22.8 Å². The fourth-order valence-corrected chi connectivity index (χ4v) is 4.05. The highest BCUT2D eigenvalue weighted by Crippen LogP contribution is 2.32. The van der Waals surface area contributed by atoms with Gasteiger partial charge in [-0.1, -0.05) is 37.5 Å². The van der Waals surface area contributed by atoms with Gasteiger partial charge in [0.25, 0.3) is 5.56 Å². The van der Waals surface area contributed by atoms with Crippen molar-refractivity contribution in [3.8, 4) is 11.8 Å². The standard InChI is InChI=1S/C23H21N5O4/c24-13-14-32-21-17(9-6-12-20(21)28(30)31)15-25-27-22(16-7-2-1-3-8-16)26-19-11-5-4-10-18(19)23(27)29/h4-6,9-12,15-16H,1-3,7-8,14H2. The first-order valence-electron chi connectivity index (χ1n) is 10.4. The van der Waals surface area contributed by atoms with Gasteiger partial charge in [-0.15, -0.1) is 0 Å². The molecule has 2 aromatic carbocycles. The molecule has 0 N–H and O–H groups in total. The van der Waals surface area contributed by atoms with Crippen LogP contribution in [0.3, 0.4) is 0 Å². The normalized spacial score (nSPS) is 14.5. The molecule has 9 heteroatoms. The summed E-state index contributed by atoms with van der Waals surface area (Å²) >= 11 is 0. The molecule has 1 aliphatic carbocycles. The highest BCUT2D eigenvalue weighted by Gasteiger charge is 2.23. The number of nitriles is 1. The summed E-state index contributed by atoms with van der Waals surface area (Å²) < 4.78 is 6.61. The minimum atomic E-state index is -0.582. The molecule has 0 amide bonds. The molecule has 0 spiro atoms. The van der Waals surface area contributed by atoms with Crippen LogP contribution in [0.1, 0.15) is 49.4 Å². The number of ether oxygens (including phenoxy) is 1. The van der Waals surface area contributed by atoms with Crippen molar-refractivity contribution in [2.75, 3.05) is 6.61 Å². The monoisotopic (exact) mass is 431 g/mol. The van der Waals surface area contributed by atoms with Crippen molar-refractivity contribution in [1.29, 1.82) is 5.26 Å². The lowest BCUT2D eigenvalue weighted by Crippen LogP contribution is -2.25. The van der Waals surface area contributed by atoms with E-state index < -0.39 is 4.92 Å². The van der Waals surface area contributed by atoms with Gasteiger partial charge in [0.2, 0.25) is 5.75 Å². The molecule has 32 heavy (non-hydrogen) atoms. The Balaban J connectivity index is 1.85. The number of nitrogens with zero attached hydrogens (tertiary/aromatic N) is 5. The van der Waals surface area contributed by atoms with E-state index in [0.29, 0.717) is 22.3 Å². The number of nitro benzene ring substituents is 1. The molecular formula is C23H21N5O4. The second-order valence-electron chi connectivity index (χ2n) is 7.58. The van der Waals surface area contributed by atoms with Gasteiger partial charge in [0.1, 0.15) is 11.9 Å². The van der Waals surface area contributed by atoms with Crippen LogP contribution in [0, 0.1) is 21.4 Å². The third kappa shape index (κ3) is 4.21. The largest absolute Gasteiger partial charge is 0.471 e. The van der Waals surface area contributed by atoms with Crippen LogP contribution in [0.5, 0.6) is 5.75 Å². The summed E-state index contributed by atoms with van der Waals surface area (Å²) in [6, 6.07) is 13.3. The smallest absolute Gasteiger partial charge is 0.311 e. The topological polar surface area (TPSA) is 123 Å². The predicted octanol–water partition coefficient (Wildman–Crippen LogP) is 4.14. The number of para-hydroxylation sites is 2. The summed E-state index contributed by atoms with van der Waals surface area (Å²) in [5, 5.41) is 25.1. The fourth-order valence-electron chi connectivity index (χ4n) is 4.05. The molecule has 0 radical (unpaired) electrons. The molecule has 0 aliphatic heterocycles. The molecule has 0 atom stereocenters. The quantitative estimate of drug-likeness (QED) is 0.328. The second-order valence-corrected chi connectivity index (χ2v) is 7.58. The Bertz CT molecular complexity index is 1290. The molecule has 1 heterocycles. The number of benzene rings is 2. The number of aromatic nitrogens is 2. The Hall–Kier alpha value is -4.06. The third-order valence-corrected chi connectivity index (χ3v) is 5.56. The lowest BCUT2D eigenvalue weighted by Gasteiger charge is -2.22. The van der Waals surface area contributed by atoms with Crippen LogP contribution < -0.4 is 10.3 Å². The Morgan fingerprint density at radius 1 is 1.22 bits per heavy atom. The van der Waals surface area contributed by atoms with Crippen molar-refractivity contribution in [3.63, 3.8) is 0 Å². The van der Waals surface area contributed by atoms with Gasteiger partial charge < -0.3 is 4.74 Å². The van der Waals surface area contributed by atoms with Crippen molar-refractivity contribution in [2.24, 2.45) is 5.10 Å². The van der Waals surface area contributed by atoms with Crippen LogP contribution in [0.15, 0.2) is 52.4 Å². The molecule has 1 aliphatic rings. The Morgan fingerprint density at radius 2 is 2.00 bits per heavy atom. The molecule has 9 nitrogen and oxygen atoms in total. The highest BCUT2D eigenvalue weighted by molar-refractivity contribution is 5.86. The summed E-state index contributed by atoms with van der Waals surface area (Å²) in [5.41, 5.74) is 0.347. The van der Waals surface area contributed by atoms with Crippen LogP contribution in [0.4, 0.5) is 5.69 Å². The summed E-state index contributed by atoms with van der Waals surface area (Å²) in [5.74, 6) is 0.635. The van der Waals surface area contributed by atoms with Gasteiger partial charge >= 0.3 is 5.69 Å². The van der Waals surface area contributed by atoms with E-state index in [0.717, 1.165) is 32.1 Å². The highest BCUT2D eigenvalue weighted by atomic mass is 16.6. The van der Waals surface area contributed by atoms with E-state index in [9.17, 15) is 14.9 Å². The molecular weight excluding hydrogens is 410 g/mol. The van der Waals surface area contributed by atoms with Gasteiger partial charge in [-0.2, -0.15) is 15.0 Å². The van der Waals surface area contributed by atoms with E-state index in [4.69, 9.17) is 15.0 Å². The zero-order valence-corrected chi connectivity index (χ0v) is 17.3. The van der Waals surface area contributed by atoms with E-state index in [2.05, 4.69) is 5.10 Å². The van der Waals surface area contributed by atoms with Crippen LogP contribution >= 0.6 is 0 Å². The Kier molecular flexibility index (Phi) is 6.22. The summed E-state index contributed by atoms with van der Waals surface area (Å²) in [6.07, 6.45) is 6.48. The first-order chi connectivity index (χ1) is 15.6. The molecule has 0 saturated heterocycles. The Labute approximate surface area is 183 Å².